The van der Waals surface area contributed by atoms with Gasteiger partial charge in [0.2, 0.25) is 0 Å². The predicted octanol–water partition coefficient (Wildman–Crippen LogP) is 4.87. The zero-order valence-electron chi connectivity index (χ0n) is 13.0. The maximum absolute atomic E-state index is 12.0. The molecule has 0 bridgehead atoms. The number of aryl methyl sites for hydroxylation is 1. The van der Waals surface area contributed by atoms with Crippen LogP contribution in [0.3, 0.4) is 0 Å². The molecule has 0 unspecified atom stereocenters. The van der Waals surface area contributed by atoms with E-state index in [0.29, 0.717) is 26.4 Å². The predicted molar refractivity (Wildman–Crippen MR) is 98.5 cm³/mol. The van der Waals surface area contributed by atoms with Crippen LogP contribution in [-0.2, 0) is 4.79 Å². The standard InChI is InChI=1S/C17H15Cl3N2O2/c1-10-7-13(18)5-6-16(10)24-11(2)17(23)22-21-9-12-3-4-14(19)8-15(12)20/h3-9,11H,1-2H3,(H,22,23)/b21-9-/t11-/m0/s1. The molecule has 0 fully saturated rings. The highest BCUT2D eigenvalue weighted by Crippen LogP contribution is 2.23. The first-order chi connectivity index (χ1) is 11.4. The van der Waals surface area contributed by atoms with Crippen LogP contribution in [0.25, 0.3) is 0 Å². The molecular formula is C17H15Cl3N2O2. The van der Waals surface area contributed by atoms with Crippen LogP contribution in [-0.4, -0.2) is 18.2 Å². The minimum absolute atomic E-state index is 0.384. The molecule has 1 amide bonds. The molecule has 0 aromatic heterocycles. The summed E-state index contributed by atoms with van der Waals surface area (Å²) in [6.07, 6.45) is 0.722. The lowest BCUT2D eigenvalue weighted by molar-refractivity contribution is -0.127. The molecule has 4 nitrogen and oxygen atoms in total. The highest BCUT2D eigenvalue weighted by Gasteiger charge is 2.15. The van der Waals surface area contributed by atoms with Crippen LogP contribution >= 0.6 is 34.8 Å². The zero-order chi connectivity index (χ0) is 17.7. The van der Waals surface area contributed by atoms with E-state index in [9.17, 15) is 4.79 Å². The number of hydrogen-bond acceptors (Lipinski definition) is 3. The SMILES string of the molecule is Cc1cc(Cl)ccc1O[C@@H](C)C(=O)N/N=C\c1ccc(Cl)cc1Cl. The number of benzene rings is 2. The molecule has 2 rings (SSSR count). The number of carbonyl (C=O) groups excluding carboxylic acids is 1. The van der Waals surface area contributed by atoms with Gasteiger partial charge in [0.05, 0.1) is 11.2 Å². The topological polar surface area (TPSA) is 50.7 Å². The van der Waals surface area contributed by atoms with Crippen molar-refractivity contribution in [2.24, 2.45) is 5.10 Å². The smallest absolute Gasteiger partial charge is 0.280 e. The highest BCUT2D eigenvalue weighted by molar-refractivity contribution is 6.36. The van der Waals surface area contributed by atoms with Gasteiger partial charge in [-0.15, -0.1) is 0 Å². The van der Waals surface area contributed by atoms with E-state index in [1.54, 1.807) is 43.3 Å². The summed E-state index contributed by atoms with van der Waals surface area (Å²) < 4.78 is 5.62. The zero-order valence-corrected chi connectivity index (χ0v) is 15.3. The molecule has 0 aliphatic heterocycles. The quantitative estimate of drug-likeness (QED) is 0.589. The molecule has 1 atom stereocenters. The highest BCUT2D eigenvalue weighted by atomic mass is 35.5. The Labute approximate surface area is 155 Å². The van der Waals surface area contributed by atoms with Crippen molar-refractivity contribution in [3.05, 3.63) is 62.6 Å². The van der Waals surface area contributed by atoms with Crippen molar-refractivity contribution in [1.29, 1.82) is 0 Å². The van der Waals surface area contributed by atoms with Crippen LogP contribution in [0.4, 0.5) is 0 Å². The van der Waals surface area contributed by atoms with E-state index < -0.39 is 6.10 Å². The normalized spacial score (nSPS) is 12.2. The molecule has 0 aliphatic carbocycles. The van der Waals surface area contributed by atoms with E-state index in [1.807, 2.05) is 6.92 Å². The monoisotopic (exact) mass is 384 g/mol. The fourth-order valence-corrected chi connectivity index (χ4v) is 2.54. The summed E-state index contributed by atoms with van der Waals surface area (Å²) in [7, 11) is 0. The first kappa shape index (κ1) is 18.6. The Kier molecular flexibility index (Phi) is 6.49. The number of halogens is 3. The van der Waals surface area contributed by atoms with Crippen LogP contribution in [0.5, 0.6) is 5.75 Å². The Morgan fingerprint density at radius 3 is 2.50 bits per heavy atom. The Bertz CT molecular complexity index is 778. The fraction of sp³-hybridized carbons (Fsp3) is 0.176. The summed E-state index contributed by atoms with van der Waals surface area (Å²) in [6.45, 7) is 3.49. The van der Waals surface area contributed by atoms with Gasteiger partial charge in [0.1, 0.15) is 5.75 Å². The Balaban J connectivity index is 1.95. The van der Waals surface area contributed by atoms with Gasteiger partial charge in [-0.1, -0.05) is 40.9 Å². The van der Waals surface area contributed by atoms with E-state index in [1.165, 1.54) is 6.21 Å². The molecule has 7 heteroatoms. The van der Waals surface area contributed by atoms with Crippen molar-refractivity contribution in [3.63, 3.8) is 0 Å². The number of amides is 1. The molecule has 0 aliphatic rings. The van der Waals surface area contributed by atoms with Crippen LogP contribution in [0, 0.1) is 6.92 Å². The largest absolute Gasteiger partial charge is 0.481 e. The van der Waals surface area contributed by atoms with Crippen molar-refractivity contribution < 1.29 is 9.53 Å². The lowest BCUT2D eigenvalue weighted by atomic mass is 10.2. The van der Waals surface area contributed by atoms with Gasteiger partial charge in [-0.2, -0.15) is 5.10 Å². The van der Waals surface area contributed by atoms with Crippen molar-refractivity contribution >= 4 is 46.9 Å². The van der Waals surface area contributed by atoms with Crippen LogP contribution in [0.1, 0.15) is 18.1 Å². The number of nitrogens with one attached hydrogen (secondary N) is 1. The minimum atomic E-state index is -0.720. The Morgan fingerprint density at radius 1 is 1.17 bits per heavy atom. The molecular weight excluding hydrogens is 371 g/mol. The second kappa shape index (κ2) is 8.38. The molecule has 0 heterocycles. The van der Waals surface area contributed by atoms with Gasteiger partial charge < -0.3 is 4.74 Å². The number of hydrogen-bond donors (Lipinski definition) is 1. The third-order valence-electron chi connectivity index (χ3n) is 3.15. The molecule has 0 spiro atoms. The second-order valence-corrected chi connectivity index (χ2v) is 6.35. The molecule has 1 N–H and O–H groups in total. The van der Waals surface area contributed by atoms with Gasteiger partial charge in [-0.3, -0.25) is 4.79 Å². The number of rotatable bonds is 5. The summed E-state index contributed by atoms with van der Waals surface area (Å²) in [4.78, 5) is 12.0. The summed E-state index contributed by atoms with van der Waals surface area (Å²) in [5.74, 6) is 0.206. The third-order valence-corrected chi connectivity index (χ3v) is 3.95. The van der Waals surface area contributed by atoms with Gasteiger partial charge in [-0.25, -0.2) is 5.43 Å². The fourth-order valence-electron chi connectivity index (χ4n) is 1.85. The molecule has 0 radical (unpaired) electrons. The number of nitrogens with zero attached hydrogens (tertiary/aromatic N) is 1. The first-order valence-electron chi connectivity index (χ1n) is 7.07. The lowest BCUT2D eigenvalue weighted by Gasteiger charge is -2.14. The molecule has 2 aromatic rings. The summed E-state index contributed by atoms with van der Waals surface area (Å²) in [6, 6.07) is 10.2. The molecule has 2 aromatic carbocycles. The Morgan fingerprint density at radius 2 is 1.83 bits per heavy atom. The van der Waals surface area contributed by atoms with Crippen LogP contribution in [0.2, 0.25) is 15.1 Å². The molecule has 126 valence electrons. The van der Waals surface area contributed by atoms with Crippen molar-refractivity contribution in [1.82, 2.24) is 5.43 Å². The Hall–Kier alpha value is -1.75. The average molecular weight is 386 g/mol. The van der Waals surface area contributed by atoms with Crippen molar-refractivity contribution in [3.8, 4) is 5.75 Å². The van der Waals surface area contributed by atoms with Gasteiger partial charge >= 0.3 is 0 Å². The van der Waals surface area contributed by atoms with Crippen molar-refractivity contribution in [2.75, 3.05) is 0 Å². The maximum atomic E-state index is 12.0. The van der Waals surface area contributed by atoms with Gasteiger partial charge in [0, 0.05) is 15.6 Å². The van der Waals surface area contributed by atoms with Gasteiger partial charge in [0.25, 0.3) is 5.91 Å². The van der Waals surface area contributed by atoms with Crippen LogP contribution in [0.15, 0.2) is 41.5 Å². The van der Waals surface area contributed by atoms with Crippen molar-refractivity contribution in [2.45, 2.75) is 20.0 Å². The number of carbonyl (C=O) groups is 1. The average Bonchev–Trinajstić information content (AvgIpc) is 2.52. The van der Waals surface area contributed by atoms with Gasteiger partial charge in [0.15, 0.2) is 6.10 Å². The van der Waals surface area contributed by atoms with E-state index in [0.717, 1.165) is 5.56 Å². The number of ether oxygens (including phenoxy) is 1. The first-order valence-corrected chi connectivity index (χ1v) is 8.21. The molecule has 0 saturated carbocycles. The second-order valence-electron chi connectivity index (χ2n) is 5.07. The van der Waals surface area contributed by atoms with Crippen LogP contribution < -0.4 is 10.2 Å². The lowest BCUT2D eigenvalue weighted by Crippen LogP contribution is -2.33. The third kappa shape index (κ3) is 5.13. The summed E-state index contributed by atoms with van der Waals surface area (Å²) in [5.41, 5.74) is 3.90. The van der Waals surface area contributed by atoms with E-state index >= 15 is 0 Å². The number of hydrazone groups is 1. The van der Waals surface area contributed by atoms with E-state index in [-0.39, 0.29) is 5.91 Å². The minimum Gasteiger partial charge on any atom is -0.481 e. The maximum Gasteiger partial charge on any atom is 0.280 e. The van der Waals surface area contributed by atoms with E-state index in [2.05, 4.69) is 10.5 Å². The molecule has 0 saturated heterocycles. The summed E-state index contributed by atoms with van der Waals surface area (Å²) >= 11 is 17.7. The summed E-state index contributed by atoms with van der Waals surface area (Å²) in [5, 5.41) is 5.47. The van der Waals surface area contributed by atoms with Gasteiger partial charge in [-0.05, 0) is 49.7 Å². The molecule has 24 heavy (non-hydrogen) atoms. The van der Waals surface area contributed by atoms with E-state index in [4.69, 9.17) is 39.5 Å².